The zero-order valence-corrected chi connectivity index (χ0v) is 10.8. The summed E-state index contributed by atoms with van der Waals surface area (Å²) in [5.41, 5.74) is 0. The van der Waals surface area contributed by atoms with Gasteiger partial charge in [0.05, 0.1) is 0 Å². The predicted molar refractivity (Wildman–Crippen MR) is 66.6 cm³/mol. The summed E-state index contributed by atoms with van der Waals surface area (Å²) in [6.45, 7) is 3.30. The smallest absolute Gasteiger partial charge is 0.191 e. The van der Waals surface area contributed by atoms with E-state index < -0.39 is 0 Å². The largest absolute Gasteiger partial charge is 0.313 e. The molecular weight excluding hydrogens is 220 g/mol. The molecule has 0 aliphatic heterocycles. The third kappa shape index (κ3) is 3.22. The maximum atomic E-state index is 4.08. The van der Waals surface area contributed by atoms with E-state index in [1.165, 1.54) is 25.7 Å². The average molecular weight is 240 g/mol. The van der Waals surface area contributed by atoms with Crippen molar-refractivity contribution in [2.75, 3.05) is 6.54 Å². The van der Waals surface area contributed by atoms with Crippen molar-refractivity contribution >= 4 is 11.8 Å². The number of hydrogen-bond acceptors (Lipinski definition) is 4. The molecular formula is C11H20N4S. The van der Waals surface area contributed by atoms with Gasteiger partial charge in [0, 0.05) is 24.9 Å². The fraction of sp³-hybridized carbons (Fsp3) is 0.818. The molecule has 16 heavy (non-hydrogen) atoms. The molecule has 90 valence electrons. The standard InChI is InChI=1S/C11H20N4S/c1-9(7-12-10-5-3-4-6-10)16-11-14-13-8-15(11)2/h8-10,12H,3-7H2,1-2H3. The highest BCUT2D eigenvalue weighted by molar-refractivity contribution is 7.99. The van der Waals surface area contributed by atoms with Crippen molar-refractivity contribution in [3.63, 3.8) is 0 Å². The van der Waals surface area contributed by atoms with Gasteiger partial charge in [-0.15, -0.1) is 10.2 Å². The van der Waals surface area contributed by atoms with Gasteiger partial charge in [-0.05, 0) is 12.8 Å². The molecule has 1 heterocycles. The highest BCUT2D eigenvalue weighted by Gasteiger charge is 2.16. The molecule has 0 aromatic carbocycles. The molecule has 0 spiro atoms. The van der Waals surface area contributed by atoms with Crippen LogP contribution in [-0.2, 0) is 7.05 Å². The van der Waals surface area contributed by atoms with E-state index in [1.54, 1.807) is 18.1 Å². The SMILES string of the molecule is CC(CNC1CCCC1)Sc1nncn1C. The van der Waals surface area contributed by atoms with Crippen LogP contribution in [0.2, 0.25) is 0 Å². The first kappa shape index (κ1) is 11.9. The highest BCUT2D eigenvalue weighted by Crippen LogP contribution is 2.21. The Bertz CT molecular complexity index is 320. The van der Waals surface area contributed by atoms with Crippen molar-refractivity contribution in [1.29, 1.82) is 0 Å². The van der Waals surface area contributed by atoms with E-state index in [9.17, 15) is 0 Å². The number of rotatable bonds is 5. The van der Waals surface area contributed by atoms with Gasteiger partial charge < -0.3 is 9.88 Å². The van der Waals surface area contributed by atoms with Crippen molar-refractivity contribution < 1.29 is 0 Å². The van der Waals surface area contributed by atoms with Gasteiger partial charge in [0.2, 0.25) is 0 Å². The molecule has 2 rings (SSSR count). The van der Waals surface area contributed by atoms with Crippen LogP contribution < -0.4 is 5.32 Å². The van der Waals surface area contributed by atoms with Crippen molar-refractivity contribution in [2.45, 2.75) is 49.1 Å². The Hall–Kier alpha value is -0.550. The molecule has 4 nitrogen and oxygen atoms in total. The van der Waals surface area contributed by atoms with E-state index in [2.05, 4.69) is 22.4 Å². The van der Waals surface area contributed by atoms with Crippen LogP contribution in [0.5, 0.6) is 0 Å². The number of nitrogens with one attached hydrogen (secondary N) is 1. The molecule has 0 radical (unpaired) electrons. The lowest BCUT2D eigenvalue weighted by atomic mass is 10.2. The van der Waals surface area contributed by atoms with Crippen LogP contribution in [0.3, 0.4) is 0 Å². The van der Waals surface area contributed by atoms with Crippen LogP contribution in [-0.4, -0.2) is 32.6 Å². The van der Waals surface area contributed by atoms with Crippen molar-refractivity contribution in [3.05, 3.63) is 6.33 Å². The van der Waals surface area contributed by atoms with Gasteiger partial charge in [-0.2, -0.15) is 0 Å². The third-order valence-corrected chi connectivity index (χ3v) is 4.18. The molecule has 5 heteroatoms. The first-order valence-electron chi connectivity index (χ1n) is 5.99. The maximum Gasteiger partial charge on any atom is 0.191 e. The summed E-state index contributed by atoms with van der Waals surface area (Å²) in [7, 11) is 1.99. The minimum Gasteiger partial charge on any atom is -0.313 e. The van der Waals surface area contributed by atoms with E-state index in [1.807, 2.05) is 11.6 Å². The number of thioether (sulfide) groups is 1. The lowest BCUT2D eigenvalue weighted by molar-refractivity contribution is 0.527. The van der Waals surface area contributed by atoms with Crippen LogP contribution in [0.4, 0.5) is 0 Å². The zero-order valence-electron chi connectivity index (χ0n) is 10.0. The molecule has 1 atom stereocenters. The molecule has 1 saturated carbocycles. The summed E-state index contributed by atoms with van der Waals surface area (Å²) >= 11 is 1.79. The molecule has 1 aliphatic carbocycles. The number of aryl methyl sites for hydroxylation is 1. The van der Waals surface area contributed by atoms with Gasteiger partial charge in [0.25, 0.3) is 0 Å². The first-order valence-corrected chi connectivity index (χ1v) is 6.87. The second-order valence-electron chi connectivity index (χ2n) is 4.54. The Morgan fingerprint density at radius 2 is 2.31 bits per heavy atom. The van der Waals surface area contributed by atoms with E-state index in [4.69, 9.17) is 0 Å². The van der Waals surface area contributed by atoms with Crippen LogP contribution in [0.1, 0.15) is 32.6 Å². The van der Waals surface area contributed by atoms with Gasteiger partial charge in [-0.1, -0.05) is 31.5 Å². The summed E-state index contributed by atoms with van der Waals surface area (Å²) < 4.78 is 1.97. The summed E-state index contributed by atoms with van der Waals surface area (Å²) in [4.78, 5) is 0. The summed E-state index contributed by atoms with van der Waals surface area (Å²) in [6.07, 6.45) is 7.23. The predicted octanol–water partition coefficient (Wildman–Crippen LogP) is 1.83. The molecule has 1 aliphatic rings. The van der Waals surface area contributed by atoms with Crippen molar-refractivity contribution in [1.82, 2.24) is 20.1 Å². The second kappa shape index (κ2) is 5.68. The summed E-state index contributed by atoms with van der Waals surface area (Å²) in [5.74, 6) is 0. The quantitative estimate of drug-likeness (QED) is 0.797. The van der Waals surface area contributed by atoms with E-state index >= 15 is 0 Å². The monoisotopic (exact) mass is 240 g/mol. The number of hydrogen-bond donors (Lipinski definition) is 1. The van der Waals surface area contributed by atoms with Gasteiger partial charge >= 0.3 is 0 Å². The molecule has 1 aromatic rings. The van der Waals surface area contributed by atoms with Crippen molar-refractivity contribution in [3.8, 4) is 0 Å². The Balaban J connectivity index is 1.71. The zero-order chi connectivity index (χ0) is 11.4. The normalized spacial score (nSPS) is 19.1. The summed E-state index contributed by atoms with van der Waals surface area (Å²) in [6, 6.07) is 0.752. The van der Waals surface area contributed by atoms with Crippen molar-refractivity contribution in [2.24, 2.45) is 7.05 Å². The molecule has 0 saturated heterocycles. The van der Waals surface area contributed by atoms with Gasteiger partial charge in [-0.25, -0.2) is 0 Å². The average Bonchev–Trinajstić information content (AvgIpc) is 2.88. The minimum atomic E-state index is 0.545. The molecule has 1 N–H and O–H groups in total. The van der Waals surface area contributed by atoms with Crippen LogP contribution in [0.15, 0.2) is 11.5 Å². The Morgan fingerprint density at radius 3 is 2.94 bits per heavy atom. The fourth-order valence-corrected chi connectivity index (χ4v) is 2.91. The van der Waals surface area contributed by atoms with E-state index in [0.29, 0.717) is 5.25 Å². The number of aromatic nitrogens is 3. The maximum absolute atomic E-state index is 4.08. The molecule has 1 unspecified atom stereocenters. The fourth-order valence-electron chi connectivity index (χ4n) is 2.06. The topological polar surface area (TPSA) is 42.7 Å². The second-order valence-corrected chi connectivity index (χ2v) is 5.95. The Labute approximate surface area is 101 Å². The van der Waals surface area contributed by atoms with Gasteiger partial charge in [0.15, 0.2) is 5.16 Å². The third-order valence-electron chi connectivity index (χ3n) is 3.03. The van der Waals surface area contributed by atoms with Crippen LogP contribution in [0.25, 0.3) is 0 Å². The Morgan fingerprint density at radius 1 is 1.56 bits per heavy atom. The Kier molecular flexibility index (Phi) is 4.23. The van der Waals surface area contributed by atoms with E-state index in [0.717, 1.165) is 17.7 Å². The molecule has 1 fully saturated rings. The number of nitrogens with zero attached hydrogens (tertiary/aromatic N) is 3. The lowest BCUT2D eigenvalue weighted by Gasteiger charge is -2.15. The van der Waals surface area contributed by atoms with Gasteiger partial charge in [0.1, 0.15) is 6.33 Å². The van der Waals surface area contributed by atoms with Crippen LogP contribution >= 0.6 is 11.8 Å². The first-order chi connectivity index (χ1) is 7.75. The molecule has 0 amide bonds. The lowest BCUT2D eigenvalue weighted by Crippen LogP contribution is -2.31. The molecule has 0 bridgehead atoms. The summed E-state index contributed by atoms with van der Waals surface area (Å²) in [5, 5.41) is 13.1. The van der Waals surface area contributed by atoms with Gasteiger partial charge in [-0.3, -0.25) is 0 Å². The van der Waals surface area contributed by atoms with Crippen LogP contribution in [0, 0.1) is 0 Å². The van der Waals surface area contributed by atoms with E-state index in [-0.39, 0.29) is 0 Å². The minimum absolute atomic E-state index is 0.545. The molecule has 1 aromatic heterocycles. The highest BCUT2D eigenvalue weighted by atomic mass is 32.2.